The molecule has 0 saturated carbocycles. The number of carbonyl (C=O) groups is 1. The molecule has 2 rings (SSSR count). The Kier molecular flexibility index (Phi) is 4.72. The van der Waals surface area contributed by atoms with E-state index in [0.717, 1.165) is 23.5 Å². The zero-order chi connectivity index (χ0) is 18.2. The van der Waals surface area contributed by atoms with E-state index in [1.807, 2.05) is 25.5 Å². The van der Waals surface area contributed by atoms with E-state index in [1.165, 1.54) is 9.58 Å². The van der Waals surface area contributed by atoms with Gasteiger partial charge in [-0.1, -0.05) is 0 Å². The van der Waals surface area contributed by atoms with E-state index in [1.54, 1.807) is 21.0 Å². The van der Waals surface area contributed by atoms with Gasteiger partial charge in [0.2, 0.25) is 5.69 Å². The molecule has 9 nitrogen and oxygen atoms in total. The molecule has 0 aliphatic heterocycles. The van der Waals surface area contributed by atoms with Gasteiger partial charge in [0, 0.05) is 38.4 Å². The van der Waals surface area contributed by atoms with Crippen LogP contribution in [0, 0.1) is 30.9 Å². The first-order valence-corrected chi connectivity index (χ1v) is 7.65. The lowest BCUT2D eigenvalue weighted by molar-refractivity contribution is -0.385. The molecule has 0 spiro atoms. The highest BCUT2D eigenvalue weighted by Gasteiger charge is 2.31. The smallest absolute Gasteiger partial charge is 0.322 e. The van der Waals surface area contributed by atoms with E-state index in [0.29, 0.717) is 12.2 Å². The molecule has 0 unspecified atom stereocenters. The molecular formula is C15H22N6O3. The molecule has 2 aromatic heterocycles. The monoisotopic (exact) mass is 334 g/mol. The Labute approximate surface area is 140 Å². The molecule has 0 atom stereocenters. The number of aromatic nitrogens is 4. The predicted molar refractivity (Wildman–Crippen MR) is 87.8 cm³/mol. The Hall–Kier alpha value is -2.71. The van der Waals surface area contributed by atoms with Crippen molar-refractivity contribution in [1.29, 1.82) is 0 Å². The Morgan fingerprint density at radius 2 is 1.88 bits per heavy atom. The minimum atomic E-state index is -0.560. The van der Waals surface area contributed by atoms with E-state index in [-0.39, 0.29) is 11.4 Å². The molecule has 0 N–H and O–H groups in total. The third-order valence-corrected chi connectivity index (χ3v) is 4.26. The van der Waals surface area contributed by atoms with Gasteiger partial charge in [-0.05, 0) is 27.7 Å². The van der Waals surface area contributed by atoms with Crippen LogP contribution in [-0.2, 0) is 20.1 Å². The fourth-order valence-electron chi connectivity index (χ4n) is 2.72. The van der Waals surface area contributed by atoms with Gasteiger partial charge < -0.3 is 4.90 Å². The molecule has 0 bridgehead atoms. The summed E-state index contributed by atoms with van der Waals surface area (Å²) in [7, 11) is 3.19. The highest BCUT2D eigenvalue weighted by molar-refractivity contribution is 5.96. The average molecular weight is 334 g/mol. The van der Waals surface area contributed by atoms with Gasteiger partial charge in [0.15, 0.2) is 0 Å². The van der Waals surface area contributed by atoms with Gasteiger partial charge >= 0.3 is 5.69 Å². The second kappa shape index (κ2) is 6.42. The van der Waals surface area contributed by atoms with E-state index in [2.05, 4.69) is 10.2 Å². The molecule has 0 radical (unpaired) electrons. The fourth-order valence-corrected chi connectivity index (χ4v) is 2.72. The Bertz CT molecular complexity index is 805. The van der Waals surface area contributed by atoms with E-state index in [9.17, 15) is 14.9 Å². The fraction of sp³-hybridized carbons (Fsp3) is 0.533. The number of hydrogen-bond acceptors (Lipinski definition) is 5. The number of amides is 1. The van der Waals surface area contributed by atoms with Crippen molar-refractivity contribution in [3.05, 3.63) is 38.5 Å². The Balaban J connectivity index is 2.33. The maximum atomic E-state index is 12.7. The minimum absolute atomic E-state index is 0.138. The molecule has 0 aliphatic carbocycles. The Morgan fingerprint density at radius 1 is 1.25 bits per heavy atom. The van der Waals surface area contributed by atoms with Crippen molar-refractivity contribution >= 4 is 11.6 Å². The van der Waals surface area contributed by atoms with Gasteiger partial charge in [-0.2, -0.15) is 10.2 Å². The molecule has 1 amide bonds. The summed E-state index contributed by atoms with van der Waals surface area (Å²) in [6.07, 6.45) is 0. The van der Waals surface area contributed by atoms with Gasteiger partial charge in [0.25, 0.3) is 5.91 Å². The van der Waals surface area contributed by atoms with Crippen molar-refractivity contribution in [2.45, 2.75) is 40.8 Å². The first kappa shape index (κ1) is 17.6. The second-order valence-electron chi connectivity index (χ2n) is 5.79. The predicted octanol–water partition coefficient (Wildman–Crippen LogP) is 1.74. The van der Waals surface area contributed by atoms with Crippen LogP contribution in [0.25, 0.3) is 0 Å². The summed E-state index contributed by atoms with van der Waals surface area (Å²) in [6.45, 7) is 8.48. The standard InChI is InChI=1S/C15H22N6O3/c1-7-20-10(3)12(9(2)16-20)8-18(5)15(22)13-14(21(23)24)11(4)19(6)17-13/h7-8H2,1-6H3. The molecule has 9 heteroatoms. The molecule has 2 aromatic rings. The lowest BCUT2D eigenvalue weighted by atomic mass is 10.2. The van der Waals surface area contributed by atoms with Crippen LogP contribution in [0.1, 0.15) is 40.1 Å². The average Bonchev–Trinajstić information content (AvgIpc) is 2.97. The van der Waals surface area contributed by atoms with Crippen LogP contribution in [0.15, 0.2) is 0 Å². The van der Waals surface area contributed by atoms with Crippen LogP contribution in [0.3, 0.4) is 0 Å². The lowest BCUT2D eigenvalue weighted by Gasteiger charge is -2.16. The zero-order valence-corrected chi connectivity index (χ0v) is 14.8. The largest absolute Gasteiger partial charge is 0.336 e. The molecule has 2 heterocycles. The van der Waals surface area contributed by atoms with Crippen molar-refractivity contribution < 1.29 is 9.72 Å². The number of nitro groups is 1. The maximum absolute atomic E-state index is 12.7. The van der Waals surface area contributed by atoms with Crippen molar-refractivity contribution in [3.63, 3.8) is 0 Å². The number of nitrogens with zero attached hydrogens (tertiary/aromatic N) is 6. The molecule has 0 fully saturated rings. The SMILES string of the molecule is CCn1nc(C)c(CN(C)C(=O)c2nn(C)c(C)c2[N+](=O)[O-])c1C. The summed E-state index contributed by atoms with van der Waals surface area (Å²) in [5.41, 5.74) is 2.75. The van der Waals surface area contributed by atoms with Crippen molar-refractivity contribution in [2.75, 3.05) is 7.05 Å². The van der Waals surface area contributed by atoms with Crippen molar-refractivity contribution in [2.24, 2.45) is 7.05 Å². The maximum Gasteiger partial charge on any atom is 0.322 e. The van der Waals surface area contributed by atoms with Crippen LogP contribution in [0.4, 0.5) is 5.69 Å². The molecule has 0 saturated heterocycles. The first-order valence-electron chi connectivity index (χ1n) is 7.65. The summed E-state index contributed by atoms with van der Waals surface area (Å²) in [6, 6.07) is 0. The van der Waals surface area contributed by atoms with Crippen molar-refractivity contribution in [3.8, 4) is 0 Å². The second-order valence-corrected chi connectivity index (χ2v) is 5.79. The third-order valence-electron chi connectivity index (χ3n) is 4.26. The number of aryl methyl sites for hydroxylation is 3. The number of rotatable bonds is 5. The van der Waals surface area contributed by atoms with Crippen LogP contribution < -0.4 is 0 Å². The van der Waals surface area contributed by atoms with Crippen LogP contribution >= 0.6 is 0 Å². The lowest BCUT2D eigenvalue weighted by Crippen LogP contribution is -2.27. The Morgan fingerprint density at radius 3 is 2.38 bits per heavy atom. The quantitative estimate of drug-likeness (QED) is 0.612. The normalized spacial score (nSPS) is 10.9. The molecule has 0 aliphatic rings. The summed E-state index contributed by atoms with van der Waals surface area (Å²) in [5.74, 6) is -0.478. The first-order chi connectivity index (χ1) is 11.2. The highest BCUT2D eigenvalue weighted by atomic mass is 16.6. The van der Waals surface area contributed by atoms with Crippen LogP contribution in [0.2, 0.25) is 0 Å². The van der Waals surface area contributed by atoms with Crippen molar-refractivity contribution in [1.82, 2.24) is 24.5 Å². The molecule has 0 aromatic carbocycles. The van der Waals surface area contributed by atoms with E-state index < -0.39 is 10.8 Å². The van der Waals surface area contributed by atoms with Gasteiger partial charge in [0.05, 0.1) is 10.6 Å². The third kappa shape index (κ3) is 2.89. The van der Waals surface area contributed by atoms with E-state index in [4.69, 9.17) is 0 Å². The number of carbonyl (C=O) groups excluding carboxylic acids is 1. The van der Waals surface area contributed by atoms with Crippen LogP contribution in [0.5, 0.6) is 0 Å². The van der Waals surface area contributed by atoms with Gasteiger partial charge in [-0.15, -0.1) is 0 Å². The van der Waals surface area contributed by atoms with Gasteiger partial charge in [0.1, 0.15) is 5.69 Å². The summed E-state index contributed by atoms with van der Waals surface area (Å²) in [5, 5.41) is 19.7. The summed E-state index contributed by atoms with van der Waals surface area (Å²) in [4.78, 5) is 24.8. The van der Waals surface area contributed by atoms with Gasteiger partial charge in [-0.25, -0.2) is 0 Å². The molecular weight excluding hydrogens is 312 g/mol. The topological polar surface area (TPSA) is 99.1 Å². The van der Waals surface area contributed by atoms with Gasteiger partial charge in [-0.3, -0.25) is 24.3 Å². The zero-order valence-electron chi connectivity index (χ0n) is 14.8. The number of hydrogen-bond donors (Lipinski definition) is 0. The summed E-state index contributed by atoms with van der Waals surface area (Å²) < 4.78 is 3.22. The minimum Gasteiger partial charge on any atom is -0.336 e. The summed E-state index contributed by atoms with van der Waals surface area (Å²) >= 11 is 0. The molecule has 130 valence electrons. The molecule has 24 heavy (non-hydrogen) atoms. The highest BCUT2D eigenvalue weighted by Crippen LogP contribution is 2.24. The van der Waals surface area contributed by atoms with Crippen LogP contribution in [-0.4, -0.2) is 42.3 Å². The van der Waals surface area contributed by atoms with E-state index >= 15 is 0 Å².